The van der Waals surface area contributed by atoms with Gasteiger partial charge in [-0.3, -0.25) is 14.2 Å². The van der Waals surface area contributed by atoms with Crippen molar-refractivity contribution in [3.05, 3.63) is 99.4 Å². The molecule has 0 spiro atoms. The molecule has 3 heterocycles. The molecule has 33 heavy (non-hydrogen) atoms. The molecular weight excluding hydrogens is 438 g/mol. The molecular formula is C25H22ClN5O2. The van der Waals surface area contributed by atoms with Gasteiger partial charge in [0.2, 0.25) is 0 Å². The molecule has 1 aliphatic rings. The van der Waals surface area contributed by atoms with Gasteiger partial charge in [-0.15, -0.1) is 0 Å². The summed E-state index contributed by atoms with van der Waals surface area (Å²) >= 11 is 5.93. The molecule has 8 heteroatoms. The van der Waals surface area contributed by atoms with Crippen LogP contribution in [-0.4, -0.2) is 51.5 Å². The molecule has 4 aromatic rings. The molecule has 0 N–H and O–H groups in total. The number of carbonyl (C=O) groups excluding carboxylic acids is 1. The van der Waals surface area contributed by atoms with Gasteiger partial charge in [0.05, 0.1) is 6.54 Å². The second kappa shape index (κ2) is 9.03. The minimum absolute atomic E-state index is 0.0384. The third kappa shape index (κ3) is 4.32. The number of pyridine rings is 1. The van der Waals surface area contributed by atoms with E-state index in [-0.39, 0.29) is 11.5 Å². The van der Waals surface area contributed by atoms with Gasteiger partial charge in [0.15, 0.2) is 11.5 Å². The first-order chi connectivity index (χ1) is 16.1. The van der Waals surface area contributed by atoms with E-state index < -0.39 is 0 Å². The Labute approximate surface area is 195 Å². The number of nitrogens with zero attached hydrogens (tertiary/aromatic N) is 5. The van der Waals surface area contributed by atoms with Crippen LogP contribution in [0.15, 0.2) is 77.7 Å². The van der Waals surface area contributed by atoms with Gasteiger partial charge in [-0.05, 0) is 42.0 Å². The van der Waals surface area contributed by atoms with Crippen LogP contribution in [0.5, 0.6) is 0 Å². The molecule has 0 bridgehead atoms. The minimum Gasteiger partial charge on any atom is -0.348 e. The Balaban J connectivity index is 1.41. The van der Waals surface area contributed by atoms with Crippen molar-refractivity contribution in [1.82, 2.24) is 19.4 Å². The quantitative estimate of drug-likeness (QED) is 0.467. The highest BCUT2D eigenvalue weighted by atomic mass is 35.5. The van der Waals surface area contributed by atoms with Crippen LogP contribution in [0.4, 0.5) is 5.82 Å². The lowest BCUT2D eigenvalue weighted by molar-refractivity contribution is 0.0746. The summed E-state index contributed by atoms with van der Waals surface area (Å²) in [6.45, 7) is 2.48. The van der Waals surface area contributed by atoms with Gasteiger partial charge in [-0.2, -0.15) is 0 Å². The Morgan fingerprint density at radius 3 is 2.36 bits per heavy atom. The molecule has 0 radical (unpaired) electrons. The number of fused-ring (bicyclic) bond motifs is 1. The summed E-state index contributed by atoms with van der Waals surface area (Å²) in [5.41, 5.74) is 2.67. The standard InChI is InChI=1S/C25H22ClN5O2/c26-20-10-8-19(9-11-20)24(32)30-15-13-29(14-16-30)23-25(33)31(17-18-5-2-1-3-6-18)22-21(28-23)7-4-12-27-22/h1-12H,13-17H2. The predicted molar refractivity (Wildman–Crippen MR) is 129 cm³/mol. The number of anilines is 1. The molecule has 1 saturated heterocycles. The minimum atomic E-state index is -0.178. The van der Waals surface area contributed by atoms with Crippen LogP contribution in [0.2, 0.25) is 5.02 Å². The summed E-state index contributed by atoms with van der Waals surface area (Å²) in [5.74, 6) is 0.355. The molecule has 0 atom stereocenters. The highest BCUT2D eigenvalue weighted by Gasteiger charge is 2.25. The molecule has 1 amide bonds. The average Bonchev–Trinajstić information content (AvgIpc) is 2.86. The van der Waals surface area contributed by atoms with Crippen LogP contribution in [-0.2, 0) is 6.54 Å². The number of amides is 1. The second-order valence-electron chi connectivity index (χ2n) is 7.94. The first-order valence-corrected chi connectivity index (χ1v) is 11.2. The summed E-state index contributed by atoms with van der Waals surface area (Å²) in [7, 11) is 0. The van der Waals surface area contributed by atoms with Crippen LogP contribution in [0, 0.1) is 0 Å². The average molecular weight is 460 g/mol. The third-order valence-electron chi connectivity index (χ3n) is 5.83. The van der Waals surface area contributed by atoms with Crippen molar-refractivity contribution in [3.63, 3.8) is 0 Å². The van der Waals surface area contributed by atoms with E-state index >= 15 is 0 Å². The Morgan fingerprint density at radius 1 is 0.909 bits per heavy atom. The Kier molecular flexibility index (Phi) is 5.79. The van der Waals surface area contributed by atoms with Crippen molar-refractivity contribution in [3.8, 4) is 0 Å². The molecule has 1 aliphatic heterocycles. The van der Waals surface area contributed by atoms with Crippen LogP contribution in [0.1, 0.15) is 15.9 Å². The highest BCUT2D eigenvalue weighted by molar-refractivity contribution is 6.30. The Morgan fingerprint density at radius 2 is 1.64 bits per heavy atom. The van der Waals surface area contributed by atoms with Crippen LogP contribution in [0.3, 0.4) is 0 Å². The zero-order valence-electron chi connectivity index (χ0n) is 17.9. The first kappa shape index (κ1) is 21.2. The fraction of sp³-hybridized carbons (Fsp3) is 0.200. The van der Waals surface area contributed by atoms with Crippen molar-refractivity contribution in [2.75, 3.05) is 31.1 Å². The lowest BCUT2D eigenvalue weighted by atomic mass is 10.2. The maximum absolute atomic E-state index is 13.5. The Bertz CT molecular complexity index is 1350. The molecule has 7 nitrogen and oxygen atoms in total. The van der Waals surface area contributed by atoms with Gasteiger partial charge < -0.3 is 9.80 Å². The number of aromatic nitrogens is 3. The van der Waals surface area contributed by atoms with Crippen LogP contribution >= 0.6 is 11.6 Å². The molecule has 166 valence electrons. The summed E-state index contributed by atoms with van der Waals surface area (Å²) in [5, 5.41) is 0.597. The number of benzene rings is 2. The zero-order chi connectivity index (χ0) is 22.8. The highest BCUT2D eigenvalue weighted by Crippen LogP contribution is 2.17. The molecule has 1 fully saturated rings. The Hall–Kier alpha value is -3.71. The predicted octanol–water partition coefficient (Wildman–Crippen LogP) is 3.46. The largest absolute Gasteiger partial charge is 0.348 e. The smallest absolute Gasteiger partial charge is 0.295 e. The SMILES string of the molecule is O=C(c1ccc(Cl)cc1)N1CCN(c2nc3cccnc3n(Cc3ccccc3)c2=O)CC1. The molecule has 2 aromatic carbocycles. The van der Waals surface area contributed by atoms with Gasteiger partial charge in [0.1, 0.15) is 5.52 Å². The van der Waals surface area contributed by atoms with Crippen LogP contribution in [0.25, 0.3) is 11.2 Å². The number of rotatable bonds is 4. The summed E-state index contributed by atoms with van der Waals surface area (Å²) in [4.78, 5) is 39.1. The third-order valence-corrected chi connectivity index (χ3v) is 6.08. The first-order valence-electron chi connectivity index (χ1n) is 10.8. The summed E-state index contributed by atoms with van der Waals surface area (Å²) in [6.07, 6.45) is 1.67. The van der Waals surface area contributed by atoms with Crippen molar-refractivity contribution in [2.45, 2.75) is 6.54 Å². The topological polar surface area (TPSA) is 71.3 Å². The second-order valence-corrected chi connectivity index (χ2v) is 8.38. The van der Waals surface area contributed by atoms with Crippen LogP contribution < -0.4 is 10.5 Å². The monoisotopic (exact) mass is 459 g/mol. The molecule has 5 rings (SSSR count). The molecule has 0 unspecified atom stereocenters. The van der Waals surface area contributed by atoms with Crippen molar-refractivity contribution in [1.29, 1.82) is 0 Å². The van der Waals surface area contributed by atoms with E-state index in [4.69, 9.17) is 11.6 Å². The lowest BCUT2D eigenvalue weighted by Crippen LogP contribution is -2.50. The fourth-order valence-electron chi connectivity index (χ4n) is 4.08. The van der Waals surface area contributed by atoms with E-state index in [9.17, 15) is 9.59 Å². The maximum Gasteiger partial charge on any atom is 0.295 e. The van der Waals surface area contributed by atoms with Gasteiger partial charge in [-0.25, -0.2) is 9.97 Å². The van der Waals surface area contributed by atoms with Gasteiger partial charge in [-0.1, -0.05) is 41.9 Å². The zero-order valence-corrected chi connectivity index (χ0v) is 18.7. The number of piperazine rings is 1. The van der Waals surface area contributed by atoms with Crippen molar-refractivity contribution < 1.29 is 4.79 Å². The van der Waals surface area contributed by atoms with E-state index in [1.165, 1.54) is 0 Å². The lowest BCUT2D eigenvalue weighted by Gasteiger charge is -2.35. The molecule has 0 saturated carbocycles. The summed E-state index contributed by atoms with van der Waals surface area (Å²) in [6, 6.07) is 20.4. The number of hydrogen-bond acceptors (Lipinski definition) is 5. The van der Waals surface area contributed by atoms with Gasteiger partial charge in [0.25, 0.3) is 11.5 Å². The number of hydrogen-bond donors (Lipinski definition) is 0. The van der Waals surface area contributed by atoms with E-state index in [2.05, 4.69) is 9.97 Å². The van der Waals surface area contributed by atoms with E-state index in [1.54, 1.807) is 39.9 Å². The molecule has 0 aliphatic carbocycles. The van der Waals surface area contributed by atoms with Gasteiger partial charge in [0, 0.05) is 43.0 Å². The normalized spacial score (nSPS) is 14.0. The number of halogens is 1. The maximum atomic E-state index is 13.5. The van der Waals surface area contributed by atoms with Crippen molar-refractivity contribution >= 4 is 34.5 Å². The van der Waals surface area contributed by atoms with E-state index in [0.717, 1.165) is 5.56 Å². The van der Waals surface area contributed by atoms with Gasteiger partial charge >= 0.3 is 0 Å². The molecule has 2 aromatic heterocycles. The van der Waals surface area contributed by atoms with E-state index in [0.29, 0.717) is 60.3 Å². The van der Waals surface area contributed by atoms with E-state index in [1.807, 2.05) is 47.4 Å². The van der Waals surface area contributed by atoms with Crippen molar-refractivity contribution in [2.24, 2.45) is 0 Å². The fourth-order valence-corrected chi connectivity index (χ4v) is 4.20. The number of carbonyl (C=O) groups is 1. The summed E-state index contributed by atoms with van der Waals surface area (Å²) < 4.78 is 1.68.